The second kappa shape index (κ2) is 7.64. The number of hydrogen-bond acceptors (Lipinski definition) is 7. The minimum Gasteiger partial charge on any atom is -0.489 e. The highest BCUT2D eigenvalue weighted by atomic mass is 16.5. The van der Waals surface area contributed by atoms with Gasteiger partial charge in [0.1, 0.15) is 47.2 Å². The van der Waals surface area contributed by atoms with Crippen molar-refractivity contribution in [1.82, 2.24) is 0 Å². The third-order valence-corrected chi connectivity index (χ3v) is 7.14. The number of aliphatic hydroxyl groups excluding tert-OH is 1. The lowest BCUT2D eigenvalue weighted by atomic mass is 9.74. The van der Waals surface area contributed by atoms with E-state index in [0.717, 1.165) is 44.1 Å². The first-order chi connectivity index (χ1) is 14.9. The number of carbonyl (C=O) groups is 1. The van der Waals surface area contributed by atoms with Crippen molar-refractivity contribution in [1.29, 1.82) is 0 Å². The lowest BCUT2D eigenvalue weighted by molar-refractivity contribution is -0.107. The van der Waals surface area contributed by atoms with E-state index >= 15 is 0 Å². The molecule has 0 radical (unpaired) electrons. The van der Waals surface area contributed by atoms with E-state index in [1.54, 1.807) is 13.0 Å². The van der Waals surface area contributed by atoms with Crippen LogP contribution in [-0.4, -0.2) is 34.3 Å². The number of fused-ring (bicyclic) bond motifs is 4. The van der Waals surface area contributed by atoms with Crippen molar-refractivity contribution in [3.05, 3.63) is 33.2 Å². The quantitative estimate of drug-likeness (QED) is 0.705. The van der Waals surface area contributed by atoms with Crippen LogP contribution in [-0.2, 0) is 17.8 Å². The molecular formula is C24H28O7. The minimum absolute atomic E-state index is 0.00397. The number of aliphatic hydroxyl groups is 2. The lowest BCUT2D eigenvalue weighted by Gasteiger charge is -2.37. The van der Waals surface area contributed by atoms with E-state index in [1.165, 1.54) is 0 Å². The van der Waals surface area contributed by atoms with Crippen LogP contribution < -0.4 is 14.9 Å². The molecule has 5 rings (SSSR count). The van der Waals surface area contributed by atoms with Crippen molar-refractivity contribution in [3.8, 4) is 11.5 Å². The molecule has 2 heterocycles. The first-order valence-corrected chi connectivity index (χ1v) is 11.2. The summed E-state index contributed by atoms with van der Waals surface area (Å²) in [5, 5.41) is 21.0. The highest BCUT2D eigenvalue weighted by Gasteiger charge is 2.50. The highest BCUT2D eigenvalue weighted by molar-refractivity contribution is 5.89. The molecule has 2 aromatic rings. The fraction of sp³-hybridized carbons (Fsp3) is 0.583. The molecule has 0 saturated heterocycles. The van der Waals surface area contributed by atoms with Crippen LogP contribution in [0.2, 0.25) is 0 Å². The third-order valence-electron chi connectivity index (χ3n) is 7.14. The molecule has 1 aliphatic heterocycles. The molecule has 3 aliphatic rings. The summed E-state index contributed by atoms with van der Waals surface area (Å²) in [4.78, 5) is 24.7. The molecule has 2 N–H and O–H groups in total. The van der Waals surface area contributed by atoms with E-state index in [4.69, 9.17) is 13.9 Å². The SMILES string of the molecule is C[C@]1(O)CCC[C@H]2c3c(cc4oc(CO)c(CC=O)c(=O)c4c3OC3CCCC3)O[C@@H]21. The lowest BCUT2D eigenvalue weighted by Crippen LogP contribution is -2.47. The number of carbonyl (C=O) groups excluding carboxylic acids is 1. The van der Waals surface area contributed by atoms with Gasteiger partial charge in [-0.25, -0.2) is 0 Å². The normalized spacial score (nSPS) is 27.7. The molecule has 0 spiro atoms. The van der Waals surface area contributed by atoms with Crippen LogP contribution in [0.4, 0.5) is 0 Å². The molecule has 3 atom stereocenters. The van der Waals surface area contributed by atoms with Crippen LogP contribution in [0.5, 0.6) is 11.5 Å². The Kier molecular flexibility index (Phi) is 5.06. The second-order valence-corrected chi connectivity index (χ2v) is 9.27. The number of rotatable bonds is 5. The Morgan fingerprint density at radius 2 is 2.03 bits per heavy atom. The van der Waals surface area contributed by atoms with Crippen molar-refractivity contribution in [2.24, 2.45) is 0 Å². The largest absolute Gasteiger partial charge is 0.489 e. The summed E-state index contributed by atoms with van der Waals surface area (Å²) in [5.74, 6) is 1.03. The summed E-state index contributed by atoms with van der Waals surface area (Å²) in [6.45, 7) is 1.31. The van der Waals surface area contributed by atoms with Crippen LogP contribution in [0, 0.1) is 0 Å². The van der Waals surface area contributed by atoms with Gasteiger partial charge in [0, 0.05) is 29.5 Å². The number of benzene rings is 1. The molecule has 1 aromatic heterocycles. The Morgan fingerprint density at radius 3 is 2.74 bits per heavy atom. The average Bonchev–Trinajstić information content (AvgIpc) is 3.38. The summed E-state index contributed by atoms with van der Waals surface area (Å²) in [7, 11) is 0. The third kappa shape index (κ3) is 3.26. The molecule has 0 bridgehead atoms. The first kappa shape index (κ1) is 20.5. The number of ether oxygens (including phenoxy) is 2. The van der Waals surface area contributed by atoms with E-state index in [9.17, 15) is 19.8 Å². The van der Waals surface area contributed by atoms with Gasteiger partial charge in [0.2, 0.25) is 0 Å². The molecule has 7 heteroatoms. The Morgan fingerprint density at radius 1 is 1.26 bits per heavy atom. The molecule has 1 aromatic carbocycles. The summed E-state index contributed by atoms with van der Waals surface area (Å²) in [5.41, 5.74) is -0.0690. The zero-order valence-corrected chi connectivity index (χ0v) is 17.7. The maximum absolute atomic E-state index is 13.5. The fourth-order valence-electron chi connectivity index (χ4n) is 5.60. The van der Waals surface area contributed by atoms with Gasteiger partial charge in [-0.2, -0.15) is 0 Å². The predicted molar refractivity (Wildman–Crippen MR) is 113 cm³/mol. The van der Waals surface area contributed by atoms with Crippen LogP contribution in [0.25, 0.3) is 11.0 Å². The summed E-state index contributed by atoms with van der Waals surface area (Å²) in [6, 6.07) is 1.67. The second-order valence-electron chi connectivity index (χ2n) is 9.27. The van der Waals surface area contributed by atoms with Gasteiger partial charge in [0.25, 0.3) is 0 Å². The van der Waals surface area contributed by atoms with Gasteiger partial charge >= 0.3 is 0 Å². The van der Waals surface area contributed by atoms with Gasteiger partial charge < -0.3 is 28.9 Å². The Balaban J connectivity index is 1.77. The van der Waals surface area contributed by atoms with Crippen LogP contribution in [0.3, 0.4) is 0 Å². The molecule has 0 unspecified atom stereocenters. The van der Waals surface area contributed by atoms with Gasteiger partial charge in [-0.1, -0.05) is 0 Å². The molecule has 31 heavy (non-hydrogen) atoms. The summed E-state index contributed by atoms with van der Waals surface area (Å²) < 4.78 is 18.6. The van der Waals surface area contributed by atoms with E-state index in [2.05, 4.69) is 0 Å². The van der Waals surface area contributed by atoms with Crippen molar-refractivity contribution in [2.45, 2.75) is 88.6 Å². The Labute approximate surface area is 180 Å². The summed E-state index contributed by atoms with van der Waals surface area (Å²) >= 11 is 0. The number of hydrogen-bond donors (Lipinski definition) is 2. The van der Waals surface area contributed by atoms with Crippen molar-refractivity contribution >= 4 is 17.3 Å². The molecule has 7 nitrogen and oxygen atoms in total. The van der Waals surface area contributed by atoms with E-state index in [1.807, 2.05) is 0 Å². The van der Waals surface area contributed by atoms with E-state index in [0.29, 0.717) is 29.6 Å². The molecule has 2 fully saturated rings. The van der Waals surface area contributed by atoms with Crippen LogP contribution in [0.1, 0.15) is 74.7 Å². The Hall–Kier alpha value is -2.38. The van der Waals surface area contributed by atoms with E-state index in [-0.39, 0.29) is 40.8 Å². The zero-order valence-electron chi connectivity index (χ0n) is 17.7. The van der Waals surface area contributed by atoms with Crippen molar-refractivity contribution in [2.75, 3.05) is 0 Å². The maximum atomic E-state index is 13.5. The molecular weight excluding hydrogens is 400 g/mol. The zero-order chi connectivity index (χ0) is 21.8. The minimum atomic E-state index is -0.977. The maximum Gasteiger partial charge on any atom is 0.200 e. The van der Waals surface area contributed by atoms with Gasteiger partial charge in [-0.3, -0.25) is 4.79 Å². The molecule has 2 aliphatic carbocycles. The van der Waals surface area contributed by atoms with E-state index < -0.39 is 18.3 Å². The average molecular weight is 428 g/mol. The van der Waals surface area contributed by atoms with Gasteiger partial charge in [0.05, 0.1) is 11.7 Å². The molecule has 166 valence electrons. The van der Waals surface area contributed by atoms with Crippen LogP contribution >= 0.6 is 0 Å². The highest BCUT2D eigenvalue weighted by Crippen LogP contribution is 2.54. The Bertz CT molecular complexity index is 1080. The molecule has 2 saturated carbocycles. The first-order valence-electron chi connectivity index (χ1n) is 11.2. The standard InChI is InChI=1S/C24H28O7/c1-24(28)9-4-7-15-19-16(31-23(15)24)11-17-20(22(19)29-13-5-2-3-6-13)21(27)14(8-10-25)18(12-26)30-17/h10-11,13,15,23,26,28H,2-9,12H2,1H3/t15-,23-,24-/m0/s1. The molecule has 0 amide bonds. The van der Waals surface area contributed by atoms with Crippen molar-refractivity contribution < 1.29 is 28.9 Å². The smallest absolute Gasteiger partial charge is 0.200 e. The van der Waals surface area contributed by atoms with Gasteiger partial charge in [-0.05, 0) is 51.9 Å². The predicted octanol–water partition coefficient (Wildman–Crippen LogP) is 3.13. The topological polar surface area (TPSA) is 106 Å². The van der Waals surface area contributed by atoms with Gasteiger partial charge in [-0.15, -0.1) is 0 Å². The van der Waals surface area contributed by atoms with Crippen LogP contribution in [0.15, 0.2) is 15.3 Å². The van der Waals surface area contributed by atoms with Gasteiger partial charge in [0.15, 0.2) is 5.43 Å². The van der Waals surface area contributed by atoms with Crippen molar-refractivity contribution in [3.63, 3.8) is 0 Å². The fourth-order valence-corrected chi connectivity index (χ4v) is 5.60. The number of aldehydes is 1. The monoisotopic (exact) mass is 428 g/mol. The summed E-state index contributed by atoms with van der Waals surface area (Å²) in [6.07, 6.45) is 6.42.